The third-order valence-electron chi connectivity index (χ3n) is 5.83. The van der Waals surface area contributed by atoms with Crippen molar-refractivity contribution in [3.8, 4) is 11.5 Å². The Kier molecular flexibility index (Phi) is 3.94. The number of allylic oxidation sites excluding steroid dienone is 2. The van der Waals surface area contributed by atoms with E-state index in [4.69, 9.17) is 4.52 Å². The molecule has 0 radical (unpaired) electrons. The van der Waals surface area contributed by atoms with Crippen molar-refractivity contribution in [1.29, 1.82) is 0 Å². The fourth-order valence-corrected chi connectivity index (χ4v) is 4.49. The Labute approximate surface area is 167 Å². The van der Waals surface area contributed by atoms with Gasteiger partial charge < -0.3 is 20.1 Å². The number of phenols is 2. The minimum atomic E-state index is -0.326. The van der Waals surface area contributed by atoms with Gasteiger partial charge in [-0.1, -0.05) is 29.4 Å². The van der Waals surface area contributed by atoms with Crippen molar-refractivity contribution < 1.29 is 19.5 Å². The second-order valence-corrected chi connectivity index (χ2v) is 7.68. The van der Waals surface area contributed by atoms with Gasteiger partial charge in [-0.25, -0.2) is 0 Å². The molecule has 2 aliphatic rings. The average Bonchev–Trinajstić information content (AvgIpc) is 3.07. The topological polar surface area (TPSA) is 95.6 Å². The smallest absolute Gasteiger partial charge is 0.233 e. The molecule has 3 N–H and O–H groups in total. The van der Waals surface area contributed by atoms with Gasteiger partial charge in [0.2, 0.25) is 5.88 Å². The van der Waals surface area contributed by atoms with Crippen molar-refractivity contribution in [2.24, 2.45) is 0 Å². The highest BCUT2D eigenvalue weighted by molar-refractivity contribution is 6.01. The van der Waals surface area contributed by atoms with Gasteiger partial charge in [-0.2, -0.15) is 0 Å². The van der Waals surface area contributed by atoms with E-state index in [1.807, 2.05) is 25.1 Å². The van der Waals surface area contributed by atoms with Crippen LogP contribution in [0.25, 0.3) is 0 Å². The number of aromatic nitrogens is 1. The lowest BCUT2D eigenvalue weighted by Crippen LogP contribution is -2.29. The summed E-state index contributed by atoms with van der Waals surface area (Å²) in [6.07, 6.45) is 1.04. The normalized spacial score (nSPS) is 20.8. The van der Waals surface area contributed by atoms with Gasteiger partial charge >= 0.3 is 0 Å². The average molecular weight is 388 g/mol. The third kappa shape index (κ3) is 2.88. The zero-order chi connectivity index (χ0) is 20.1. The second-order valence-electron chi connectivity index (χ2n) is 7.68. The molecule has 1 aliphatic carbocycles. The molecule has 5 rings (SSSR count). The Bertz CT molecular complexity index is 1140. The van der Waals surface area contributed by atoms with E-state index < -0.39 is 0 Å². The van der Waals surface area contributed by atoms with Crippen LogP contribution >= 0.6 is 0 Å². The lowest BCUT2D eigenvalue weighted by molar-refractivity contribution is -0.116. The van der Waals surface area contributed by atoms with Crippen molar-refractivity contribution in [2.75, 3.05) is 5.32 Å². The number of ketones is 1. The number of carbonyl (C=O) groups is 1. The Balaban J connectivity index is 1.62. The van der Waals surface area contributed by atoms with Crippen molar-refractivity contribution in [3.05, 3.63) is 82.2 Å². The summed E-state index contributed by atoms with van der Waals surface area (Å²) < 4.78 is 5.51. The van der Waals surface area contributed by atoms with Crippen LogP contribution in [0.4, 0.5) is 5.88 Å². The van der Waals surface area contributed by atoms with Crippen LogP contribution in [0, 0.1) is 6.92 Å². The number of fused-ring (bicyclic) bond motifs is 1. The summed E-state index contributed by atoms with van der Waals surface area (Å²) in [4.78, 5) is 13.3. The SMILES string of the molecule is Cc1noc2c1[C@@H](c1cccc(O)c1)C1=C(C[C@@H](c3ccc(O)cc3)CC1=O)N2. The van der Waals surface area contributed by atoms with E-state index in [9.17, 15) is 15.0 Å². The van der Waals surface area contributed by atoms with Gasteiger partial charge in [0.25, 0.3) is 0 Å². The number of aromatic hydroxyl groups is 2. The Morgan fingerprint density at radius 1 is 1.03 bits per heavy atom. The van der Waals surface area contributed by atoms with Gasteiger partial charge in [-0.05, 0) is 54.7 Å². The molecule has 0 bridgehead atoms. The molecule has 0 saturated carbocycles. The van der Waals surface area contributed by atoms with Crippen LogP contribution in [0.3, 0.4) is 0 Å². The van der Waals surface area contributed by atoms with Crippen LogP contribution in [0.1, 0.15) is 47.1 Å². The van der Waals surface area contributed by atoms with Crippen LogP contribution in [-0.2, 0) is 4.79 Å². The zero-order valence-corrected chi connectivity index (χ0v) is 15.8. The van der Waals surface area contributed by atoms with Gasteiger partial charge in [0.15, 0.2) is 5.78 Å². The molecule has 1 aliphatic heterocycles. The fourth-order valence-electron chi connectivity index (χ4n) is 4.49. The number of nitrogens with zero attached hydrogens (tertiary/aromatic N) is 1. The molecule has 29 heavy (non-hydrogen) atoms. The number of aryl methyl sites for hydroxylation is 1. The number of benzene rings is 2. The molecule has 1 aromatic heterocycles. The molecule has 0 spiro atoms. The van der Waals surface area contributed by atoms with Crippen molar-refractivity contribution in [2.45, 2.75) is 31.6 Å². The molecule has 0 saturated heterocycles. The quantitative estimate of drug-likeness (QED) is 0.604. The molecule has 0 amide bonds. The van der Waals surface area contributed by atoms with Crippen LogP contribution in [0.2, 0.25) is 0 Å². The summed E-state index contributed by atoms with van der Waals surface area (Å²) in [5.74, 6) is 0.671. The van der Waals surface area contributed by atoms with Gasteiger partial charge in [0, 0.05) is 23.6 Å². The summed E-state index contributed by atoms with van der Waals surface area (Å²) in [6.45, 7) is 1.86. The van der Waals surface area contributed by atoms with Crippen LogP contribution in [0.15, 0.2) is 64.3 Å². The molecule has 6 nitrogen and oxygen atoms in total. The maximum absolute atomic E-state index is 13.3. The molecule has 2 aromatic carbocycles. The molecule has 3 aromatic rings. The monoisotopic (exact) mass is 388 g/mol. The summed E-state index contributed by atoms with van der Waals surface area (Å²) in [5, 5.41) is 27.0. The summed E-state index contributed by atoms with van der Waals surface area (Å²) in [5.41, 5.74) is 4.95. The van der Waals surface area contributed by atoms with E-state index in [0.717, 1.165) is 28.1 Å². The highest BCUT2D eigenvalue weighted by Crippen LogP contribution is 2.49. The minimum absolute atomic E-state index is 0.0183. The predicted molar refractivity (Wildman–Crippen MR) is 107 cm³/mol. The number of rotatable bonds is 2. The standard InChI is InChI=1S/C23H20N2O4/c1-12-20-21(14-3-2-4-17(27)9-14)22-18(24-23(20)29-25-12)10-15(11-19(22)28)13-5-7-16(26)8-6-13/h2-9,15,21,24,26-27H,10-11H2,1H3/t15-,21-/m1/s1. The molecular weight excluding hydrogens is 368 g/mol. The first kappa shape index (κ1) is 17.6. The molecule has 2 atom stereocenters. The Morgan fingerprint density at radius 3 is 2.59 bits per heavy atom. The van der Waals surface area contributed by atoms with E-state index in [2.05, 4.69) is 10.5 Å². The molecule has 146 valence electrons. The maximum atomic E-state index is 13.3. The van der Waals surface area contributed by atoms with Gasteiger partial charge in [-0.15, -0.1) is 0 Å². The lowest BCUT2D eigenvalue weighted by Gasteiger charge is -2.34. The summed E-state index contributed by atoms with van der Waals surface area (Å²) in [6, 6.07) is 14.0. The molecule has 0 fully saturated rings. The number of nitrogens with one attached hydrogen (secondary N) is 1. The van der Waals surface area contributed by atoms with E-state index in [1.54, 1.807) is 30.3 Å². The van der Waals surface area contributed by atoms with Crippen molar-refractivity contribution in [3.63, 3.8) is 0 Å². The predicted octanol–water partition coefficient (Wildman–Crippen LogP) is 4.35. The number of Topliss-reactive ketones (excluding diaryl/α,β-unsaturated/α-hetero) is 1. The first-order valence-corrected chi connectivity index (χ1v) is 9.58. The zero-order valence-electron chi connectivity index (χ0n) is 15.8. The molecule has 2 heterocycles. The van der Waals surface area contributed by atoms with Gasteiger partial charge in [0.1, 0.15) is 11.5 Å². The molecule has 0 unspecified atom stereocenters. The number of hydrogen-bond acceptors (Lipinski definition) is 6. The van der Waals surface area contributed by atoms with Gasteiger partial charge in [0.05, 0.1) is 11.3 Å². The molecular formula is C23H20N2O4. The third-order valence-corrected chi connectivity index (χ3v) is 5.83. The van der Waals surface area contributed by atoms with Crippen molar-refractivity contribution in [1.82, 2.24) is 5.16 Å². The molecule has 6 heteroatoms. The maximum Gasteiger partial charge on any atom is 0.233 e. The largest absolute Gasteiger partial charge is 0.508 e. The Morgan fingerprint density at radius 2 is 1.83 bits per heavy atom. The lowest BCUT2D eigenvalue weighted by atomic mass is 9.72. The van der Waals surface area contributed by atoms with E-state index in [0.29, 0.717) is 24.3 Å². The van der Waals surface area contributed by atoms with E-state index >= 15 is 0 Å². The number of hydrogen-bond donors (Lipinski definition) is 3. The van der Waals surface area contributed by atoms with Crippen LogP contribution in [0.5, 0.6) is 11.5 Å². The minimum Gasteiger partial charge on any atom is -0.508 e. The summed E-state index contributed by atoms with van der Waals surface area (Å²) >= 11 is 0. The highest BCUT2D eigenvalue weighted by atomic mass is 16.5. The highest BCUT2D eigenvalue weighted by Gasteiger charge is 2.41. The number of carbonyl (C=O) groups excluding carboxylic acids is 1. The van der Waals surface area contributed by atoms with Crippen molar-refractivity contribution >= 4 is 11.7 Å². The first-order valence-electron chi connectivity index (χ1n) is 9.58. The van der Waals surface area contributed by atoms with Gasteiger partial charge in [-0.3, -0.25) is 4.79 Å². The first-order chi connectivity index (χ1) is 14.0. The summed E-state index contributed by atoms with van der Waals surface area (Å²) in [7, 11) is 0. The second kappa shape index (κ2) is 6.51. The van der Waals surface area contributed by atoms with Crippen LogP contribution in [-0.4, -0.2) is 21.2 Å². The number of anilines is 1. The fraction of sp³-hybridized carbons (Fsp3) is 0.217. The Hall–Kier alpha value is -3.54. The van der Waals surface area contributed by atoms with Crippen LogP contribution < -0.4 is 5.32 Å². The van der Waals surface area contributed by atoms with E-state index in [-0.39, 0.29) is 29.1 Å². The number of phenolic OH excluding ortho intramolecular Hbond substituents is 2. The van der Waals surface area contributed by atoms with E-state index in [1.165, 1.54) is 0 Å².